The molecule has 3 aliphatic rings. The van der Waals surface area contributed by atoms with Crippen LogP contribution >= 0.6 is 0 Å². The van der Waals surface area contributed by atoms with Crippen LogP contribution in [0, 0.1) is 5.92 Å². The summed E-state index contributed by atoms with van der Waals surface area (Å²) in [5.41, 5.74) is 12.9. The number of fused-ring (bicyclic) bond motifs is 2. The Labute approximate surface area is 698 Å². The predicted octanol–water partition coefficient (Wildman–Crippen LogP) is -8.66. The second kappa shape index (κ2) is 49.8. The smallest absolute Gasteiger partial charge is 0.328 e. The molecule has 40 nitrogen and oxygen atoms in total. The summed E-state index contributed by atoms with van der Waals surface area (Å²) >= 11 is 0. The number of nitrogens with one attached hydrogen (secondary N) is 10. The van der Waals surface area contributed by atoms with Crippen molar-refractivity contribution in [2.75, 3.05) is 26.2 Å². The number of rotatable bonds is 28. The van der Waals surface area contributed by atoms with Crippen LogP contribution < -0.4 is 81.7 Å². The van der Waals surface area contributed by atoms with E-state index < -0.39 is 243 Å². The van der Waals surface area contributed by atoms with E-state index in [2.05, 4.69) is 65.1 Å². The van der Waals surface area contributed by atoms with Gasteiger partial charge >= 0.3 is 5.97 Å². The van der Waals surface area contributed by atoms with Gasteiger partial charge in [0.25, 0.3) is 0 Å². The Bertz CT molecular complexity index is 3750. The number of esters is 1. The molecule has 41 heteroatoms. The first kappa shape index (κ1) is 102. The van der Waals surface area contributed by atoms with Crippen LogP contribution in [0.4, 0.5) is 0 Å². The van der Waals surface area contributed by atoms with Gasteiger partial charge in [-0.25, -0.2) is 4.79 Å². The number of primary amides is 1. The molecule has 0 radical (unpaired) electrons. The van der Waals surface area contributed by atoms with E-state index in [1.807, 2.05) is 35.9 Å². The number of aromatic nitrogens is 2. The van der Waals surface area contributed by atoms with Crippen molar-refractivity contribution in [1.82, 2.24) is 67.6 Å². The van der Waals surface area contributed by atoms with Crippen molar-refractivity contribution in [2.24, 2.45) is 36.5 Å². The van der Waals surface area contributed by atoms with Crippen molar-refractivity contribution in [3.63, 3.8) is 0 Å². The SMILES string of the molecule is CCCCCCCCCCCCC[C@@H]1CC(=O)N[C@H]([C@@H](C)O)C(=O)N[C@H](C)C(=O)N[C@@H](Cc2ccc(O)cc2)C(=O)N[C@@H](C(C)C)C(=O)N2C[C@H](O)C[C@H]2C(=O)N[C@H]([C@@H](C)O)C(=O)N[C@@H]([C@@H](C)O)C(=O)N2CC[C@H](O)[C@H]2C(=O)N[C@@H]([C@H](O)CC(N)=O)C(=O)NCC(=O)N[C@H]([C@@H](C)O)C(=O)N[C@@H](CCCN=C(N)Cc2cn(C)[n+](C)c2)C(=O)O1.[Cl-]. The van der Waals surface area contributed by atoms with Crippen molar-refractivity contribution in [2.45, 2.75) is 299 Å². The highest BCUT2D eigenvalue weighted by Crippen LogP contribution is 2.25. The molecule has 13 amide bonds. The average Bonchev–Trinajstić information content (AvgIpc) is 1.68. The Hall–Kier alpha value is -9.71. The Balaban J connectivity index is 0.0000298. The monoisotopic (exact) mass is 1700 g/mol. The van der Waals surface area contributed by atoms with Gasteiger partial charge in [0.2, 0.25) is 76.8 Å². The van der Waals surface area contributed by atoms with Gasteiger partial charge in [-0.05, 0) is 90.3 Å². The highest BCUT2D eigenvalue weighted by Gasteiger charge is 2.49. The van der Waals surface area contributed by atoms with Crippen LogP contribution in [0.2, 0.25) is 0 Å². The molecule has 0 spiro atoms. The topological polar surface area (TPSA) is 610 Å². The zero-order valence-electron chi connectivity index (χ0n) is 69.5. The number of amidine groups is 1. The Kier molecular flexibility index (Phi) is 42.5. The van der Waals surface area contributed by atoms with Gasteiger partial charge in [0.15, 0.2) is 13.2 Å². The van der Waals surface area contributed by atoms with Gasteiger partial charge in [0, 0.05) is 44.5 Å². The lowest BCUT2D eigenvalue weighted by molar-refractivity contribution is -0.751. The van der Waals surface area contributed by atoms with E-state index >= 15 is 0 Å². The first-order chi connectivity index (χ1) is 55.6. The van der Waals surface area contributed by atoms with Crippen LogP contribution in [0.25, 0.3) is 0 Å². The van der Waals surface area contributed by atoms with E-state index in [0.29, 0.717) is 23.3 Å². The van der Waals surface area contributed by atoms with Gasteiger partial charge in [-0.3, -0.25) is 67.3 Å². The van der Waals surface area contributed by atoms with Crippen molar-refractivity contribution < 1.29 is 130 Å². The standard InChI is InChI=1S/C78H125N17O23.ClH/c1-11-12-13-14-15-16-17-18-19-20-21-23-51-35-59(105)86-62(43(5)96)72(111)83-42(4)68(107)85-53(32-47-25-27-49(100)28-26-47)69(108)88-61(41(2)3)76(115)95-40-50(101)34-54(95)70(109)89-64(45(7)98)74(113)90-65(46(8)99)77(116)94-31-29-55(102)67(94)75(114)91-66(56(103)36-58(80)104)71(110)82-37-60(106)87-63(44(6)97)73(112)84-52(78(117)118-51)24-22-30-81-57(79)33-48-38-92(9)93(10)39-48;/h25-28,38-39,41-46,50-56,61-67,96-99,101-103H,11-24,29-37,40H2,1-10H3,(H14-,79,80,81,82,83,84,85,86,87,88,89,90,91,100,104,105,106,107,108,109,110,111,112,113,114);1H/t42-,43-,44-,45-,46-,50-,51-,52+,53+,54+,55+,56-,61+,62-,63-,64-,65+,66+,67+;/m1./s1. The maximum atomic E-state index is 14.8. The molecular weight excluding hydrogens is 1580 g/mol. The molecule has 668 valence electrons. The largest absolute Gasteiger partial charge is 1.00 e. The number of cyclic esters (lactones) is 1. The molecular formula is C78H126ClN17O23. The summed E-state index contributed by atoms with van der Waals surface area (Å²) < 4.78 is 9.72. The van der Waals surface area contributed by atoms with E-state index in [0.717, 1.165) is 89.0 Å². The first-order valence-corrected chi connectivity index (χ1v) is 40.6. The lowest BCUT2D eigenvalue weighted by Gasteiger charge is -2.34. The molecule has 5 rings (SSSR count). The third-order valence-corrected chi connectivity index (χ3v) is 20.8. The number of aliphatic hydroxyl groups is 7. The van der Waals surface area contributed by atoms with E-state index in [-0.39, 0.29) is 69.1 Å². The van der Waals surface area contributed by atoms with Crippen molar-refractivity contribution in [3.05, 3.63) is 47.8 Å². The number of halogens is 1. The summed E-state index contributed by atoms with van der Waals surface area (Å²) in [6, 6.07) is -14.6. The van der Waals surface area contributed by atoms with Gasteiger partial charge in [0.05, 0.1) is 81.2 Å². The number of ether oxygens (including phenoxy) is 1. The summed E-state index contributed by atoms with van der Waals surface area (Å²) in [6.45, 7) is 8.67. The fraction of sp³-hybridized carbons (Fsp3) is 0.692. The van der Waals surface area contributed by atoms with Gasteiger partial charge in [0.1, 0.15) is 78.3 Å². The Morgan fingerprint density at radius 3 is 1.67 bits per heavy atom. The minimum atomic E-state index is -2.24. The third kappa shape index (κ3) is 32.4. The predicted molar refractivity (Wildman–Crippen MR) is 423 cm³/mol. The number of aryl methyl sites for hydroxylation is 2. The third-order valence-electron chi connectivity index (χ3n) is 20.8. The number of aliphatic imine (C=N–C) groups is 1. The number of unbranched alkanes of at least 4 members (excludes halogenated alkanes) is 10. The van der Waals surface area contributed by atoms with Crippen LogP contribution in [0.5, 0.6) is 5.75 Å². The van der Waals surface area contributed by atoms with Crippen molar-refractivity contribution >= 4 is 88.6 Å². The Morgan fingerprint density at radius 2 is 1.11 bits per heavy atom. The number of aromatic hydroxyl groups is 1. The fourth-order valence-corrected chi connectivity index (χ4v) is 14.0. The lowest BCUT2D eigenvalue weighted by atomic mass is 9.99. The minimum Gasteiger partial charge on any atom is -1.00 e. The summed E-state index contributed by atoms with van der Waals surface area (Å²) in [6.07, 6.45) is -2.55. The first-order valence-electron chi connectivity index (χ1n) is 40.6. The number of nitrogens with zero attached hydrogens (tertiary/aromatic N) is 5. The second-order valence-electron chi connectivity index (χ2n) is 31.4. The maximum Gasteiger partial charge on any atom is 0.328 e. The van der Waals surface area contributed by atoms with Crippen LogP contribution in [-0.2, 0) is 98.8 Å². The number of benzene rings is 1. The van der Waals surface area contributed by atoms with E-state index in [9.17, 15) is 108 Å². The van der Waals surface area contributed by atoms with Gasteiger partial charge < -0.3 is 132 Å². The van der Waals surface area contributed by atoms with Gasteiger partial charge in [-0.15, -0.1) is 4.68 Å². The highest BCUT2D eigenvalue weighted by molar-refractivity contribution is 6.00. The zero-order valence-corrected chi connectivity index (χ0v) is 70.2. The number of hydrogen-bond donors (Lipinski definition) is 20. The molecule has 2 aromatic rings. The molecule has 0 bridgehead atoms. The maximum absolute atomic E-state index is 14.8. The molecule has 0 aliphatic carbocycles. The molecule has 3 saturated heterocycles. The molecule has 3 aliphatic heterocycles. The normalized spacial score (nSPS) is 26.7. The van der Waals surface area contributed by atoms with Gasteiger partial charge in [-0.2, -0.15) is 4.68 Å². The van der Waals surface area contributed by atoms with Gasteiger partial charge in [-0.1, -0.05) is 97.1 Å². The fourth-order valence-electron chi connectivity index (χ4n) is 14.0. The number of amides is 13. The summed E-state index contributed by atoms with van der Waals surface area (Å²) in [7, 11) is 3.64. The molecule has 22 N–H and O–H groups in total. The van der Waals surface area contributed by atoms with E-state index in [1.54, 1.807) is 0 Å². The quantitative estimate of drug-likeness (QED) is 0.0124. The van der Waals surface area contributed by atoms with Crippen molar-refractivity contribution in [1.29, 1.82) is 0 Å². The molecule has 3 fully saturated rings. The molecule has 119 heavy (non-hydrogen) atoms. The Morgan fingerprint density at radius 1 is 0.588 bits per heavy atom. The number of phenols is 1. The van der Waals surface area contributed by atoms with E-state index in [1.165, 1.54) is 52.0 Å². The highest BCUT2D eigenvalue weighted by atomic mass is 35.5. The number of hydrogen-bond acceptors (Lipinski definition) is 24. The molecule has 4 heterocycles. The number of aliphatic hydroxyl groups excluding tert-OH is 7. The lowest BCUT2D eigenvalue weighted by Crippen LogP contribution is -3.00. The summed E-state index contributed by atoms with van der Waals surface area (Å²) in [5.74, 6) is -17.1. The zero-order chi connectivity index (χ0) is 87.9. The number of nitrogens with two attached hydrogens (primary N) is 2. The molecule has 0 saturated carbocycles. The number of carbonyl (C=O) groups is 14. The number of phenolic OH excluding ortho intramolecular Hbond substituents is 1. The minimum absolute atomic E-state index is 0. The molecule has 19 atom stereocenters. The van der Waals surface area contributed by atoms with Crippen LogP contribution in [0.15, 0.2) is 41.7 Å². The second-order valence-corrected chi connectivity index (χ2v) is 31.4. The summed E-state index contributed by atoms with van der Waals surface area (Å²) in [5, 5.41) is 112. The molecule has 1 aromatic heterocycles. The van der Waals surface area contributed by atoms with Crippen LogP contribution in [0.1, 0.15) is 182 Å². The van der Waals surface area contributed by atoms with Crippen LogP contribution in [0.3, 0.4) is 0 Å². The average molecular weight is 1710 g/mol. The summed E-state index contributed by atoms with van der Waals surface area (Å²) in [4.78, 5) is 206. The van der Waals surface area contributed by atoms with Crippen LogP contribution in [-0.4, -0.2) is 285 Å². The van der Waals surface area contributed by atoms with Crippen molar-refractivity contribution in [3.8, 4) is 5.75 Å². The van der Waals surface area contributed by atoms with E-state index in [4.69, 9.17) is 16.2 Å². The molecule has 1 aromatic carbocycles. The molecule has 0 unspecified atom stereocenters. The number of carbonyl (C=O) groups excluding carboxylic acids is 14.